The zero-order valence-corrected chi connectivity index (χ0v) is 9.90. The van der Waals surface area contributed by atoms with Crippen LogP contribution in [0.15, 0.2) is 23.4 Å². The van der Waals surface area contributed by atoms with Gasteiger partial charge in [-0.25, -0.2) is 0 Å². The Bertz CT molecular complexity index is 389. The molecule has 16 heavy (non-hydrogen) atoms. The third-order valence-corrected chi connectivity index (χ3v) is 2.44. The molecule has 88 valence electrons. The van der Waals surface area contributed by atoms with Crippen LogP contribution >= 0.6 is 0 Å². The molecule has 0 aromatic heterocycles. The molecule has 0 fully saturated rings. The first-order valence-electron chi connectivity index (χ1n) is 5.23. The molecule has 1 unspecified atom stereocenters. The zero-order chi connectivity index (χ0) is 12.1. The summed E-state index contributed by atoms with van der Waals surface area (Å²) in [6.45, 7) is 5.97. The van der Waals surface area contributed by atoms with E-state index in [-0.39, 0.29) is 11.9 Å². The predicted octanol–water partition coefficient (Wildman–Crippen LogP) is 2.21. The highest BCUT2D eigenvalue weighted by molar-refractivity contribution is 5.80. The van der Waals surface area contributed by atoms with Crippen LogP contribution in [0.1, 0.15) is 24.5 Å². The summed E-state index contributed by atoms with van der Waals surface area (Å²) in [7, 11) is 0. The molecular weight excluding hydrogens is 204 g/mol. The van der Waals surface area contributed by atoms with Gasteiger partial charge in [0.05, 0.1) is 0 Å². The molecular formula is C12H18N2O2. The molecule has 1 rings (SSSR count). The van der Waals surface area contributed by atoms with Crippen LogP contribution in [0.2, 0.25) is 0 Å². The zero-order valence-electron chi connectivity index (χ0n) is 9.90. The number of ether oxygens (including phenoxy) is 1. The van der Waals surface area contributed by atoms with E-state index < -0.39 is 0 Å². The average Bonchev–Trinajstić information content (AvgIpc) is 2.23. The van der Waals surface area contributed by atoms with Crippen molar-refractivity contribution in [2.24, 2.45) is 10.9 Å². The number of hydrogen-bond donors (Lipinski definition) is 2. The van der Waals surface area contributed by atoms with Crippen molar-refractivity contribution in [1.82, 2.24) is 0 Å². The van der Waals surface area contributed by atoms with Gasteiger partial charge in [-0.1, -0.05) is 11.2 Å². The second kappa shape index (κ2) is 5.39. The number of hydrogen-bond acceptors (Lipinski definition) is 3. The van der Waals surface area contributed by atoms with Crippen molar-refractivity contribution in [3.8, 4) is 5.75 Å². The van der Waals surface area contributed by atoms with Crippen LogP contribution in [-0.4, -0.2) is 17.1 Å². The van der Waals surface area contributed by atoms with Gasteiger partial charge in [0.2, 0.25) is 0 Å². The standard InChI is InChI=1S/C12H18N2O2/c1-8-4-5-11(6-9(8)2)16-10(3)7-12(13)14-15/h4-6,10,15H,7H2,1-3H3,(H2,13,14). The Morgan fingerprint density at radius 3 is 2.69 bits per heavy atom. The molecule has 3 N–H and O–H groups in total. The molecule has 0 bridgehead atoms. The summed E-state index contributed by atoms with van der Waals surface area (Å²) >= 11 is 0. The first kappa shape index (κ1) is 12.4. The van der Waals surface area contributed by atoms with Gasteiger partial charge in [0.25, 0.3) is 0 Å². The minimum atomic E-state index is -0.113. The minimum Gasteiger partial charge on any atom is -0.490 e. The van der Waals surface area contributed by atoms with E-state index in [1.165, 1.54) is 11.1 Å². The molecule has 0 saturated carbocycles. The number of benzene rings is 1. The van der Waals surface area contributed by atoms with Crippen molar-refractivity contribution >= 4 is 5.84 Å². The topological polar surface area (TPSA) is 67.8 Å². The number of nitrogens with two attached hydrogens (primary N) is 1. The lowest BCUT2D eigenvalue weighted by molar-refractivity contribution is 0.226. The molecule has 4 nitrogen and oxygen atoms in total. The summed E-state index contributed by atoms with van der Waals surface area (Å²) in [6.07, 6.45) is 0.293. The van der Waals surface area contributed by atoms with E-state index in [4.69, 9.17) is 15.7 Å². The average molecular weight is 222 g/mol. The van der Waals surface area contributed by atoms with E-state index in [1.807, 2.05) is 32.0 Å². The lowest BCUT2D eigenvalue weighted by Gasteiger charge is -2.14. The number of aryl methyl sites for hydroxylation is 2. The van der Waals surface area contributed by atoms with E-state index in [0.29, 0.717) is 6.42 Å². The van der Waals surface area contributed by atoms with Gasteiger partial charge in [0.15, 0.2) is 0 Å². The van der Waals surface area contributed by atoms with E-state index in [9.17, 15) is 0 Å². The third-order valence-electron chi connectivity index (χ3n) is 2.44. The summed E-state index contributed by atoms with van der Waals surface area (Å²) in [4.78, 5) is 0. The fraction of sp³-hybridized carbons (Fsp3) is 0.417. The van der Waals surface area contributed by atoms with Gasteiger partial charge in [-0.2, -0.15) is 0 Å². The molecule has 0 radical (unpaired) electrons. The largest absolute Gasteiger partial charge is 0.490 e. The minimum absolute atomic E-state index is 0.113. The Morgan fingerprint density at radius 1 is 1.44 bits per heavy atom. The summed E-state index contributed by atoms with van der Waals surface area (Å²) in [5.74, 6) is 0.984. The highest BCUT2D eigenvalue weighted by Crippen LogP contribution is 2.18. The van der Waals surface area contributed by atoms with Gasteiger partial charge in [-0.05, 0) is 44.0 Å². The van der Waals surface area contributed by atoms with Crippen LogP contribution in [0.3, 0.4) is 0 Å². The molecule has 0 aliphatic heterocycles. The molecule has 1 aromatic rings. The Hall–Kier alpha value is -1.71. The van der Waals surface area contributed by atoms with Crippen molar-refractivity contribution in [3.05, 3.63) is 29.3 Å². The summed E-state index contributed by atoms with van der Waals surface area (Å²) in [6, 6.07) is 5.92. The lowest BCUT2D eigenvalue weighted by atomic mass is 10.1. The maximum Gasteiger partial charge on any atom is 0.142 e. The molecule has 4 heteroatoms. The van der Waals surface area contributed by atoms with Crippen LogP contribution in [0.4, 0.5) is 0 Å². The summed E-state index contributed by atoms with van der Waals surface area (Å²) in [5, 5.41) is 11.4. The molecule has 1 atom stereocenters. The Balaban J connectivity index is 2.63. The quantitative estimate of drug-likeness (QED) is 0.355. The van der Waals surface area contributed by atoms with E-state index >= 15 is 0 Å². The number of amidine groups is 1. The van der Waals surface area contributed by atoms with E-state index in [1.54, 1.807) is 0 Å². The highest BCUT2D eigenvalue weighted by atomic mass is 16.5. The maximum absolute atomic E-state index is 8.44. The molecule has 0 amide bonds. The summed E-state index contributed by atoms with van der Waals surface area (Å²) in [5.41, 5.74) is 7.82. The smallest absolute Gasteiger partial charge is 0.142 e. The fourth-order valence-electron chi connectivity index (χ4n) is 1.40. The molecule has 0 heterocycles. The molecule has 0 spiro atoms. The predicted molar refractivity (Wildman–Crippen MR) is 64.0 cm³/mol. The van der Waals surface area contributed by atoms with Crippen LogP contribution in [0, 0.1) is 13.8 Å². The van der Waals surface area contributed by atoms with Crippen molar-refractivity contribution in [3.63, 3.8) is 0 Å². The molecule has 1 aromatic carbocycles. The second-order valence-corrected chi connectivity index (χ2v) is 3.97. The van der Waals surface area contributed by atoms with Crippen LogP contribution in [-0.2, 0) is 0 Å². The van der Waals surface area contributed by atoms with Crippen LogP contribution in [0.25, 0.3) is 0 Å². The number of nitrogens with zero attached hydrogens (tertiary/aromatic N) is 1. The molecule has 0 aliphatic carbocycles. The van der Waals surface area contributed by atoms with Crippen molar-refractivity contribution < 1.29 is 9.94 Å². The fourth-order valence-corrected chi connectivity index (χ4v) is 1.40. The Kier molecular flexibility index (Phi) is 4.17. The monoisotopic (exact) mass is 222 g/mol. The third kappa shape index (κ3) is 3.46. The molecule has 0 saturated heterocycles. The Morgan fingerprint density at radius 2 is 2.12 bits per heavy atom. The van der Waals surface area contributed by atoms with Crippen molar-refractivity contribution in [2.45, 2.75) is 33.3 Å². The lowest BCUT2D eigenvalue weighted by Crippen LogP contribution is -2.22. The summed E-state index contributed by atoms with van der Waals surface area (Å²) < 4.78 is 5.65. The van der Waals surface area contributed by atoms with Gasteiger partial charge in [0, 0.05) is 6.42 Å². The number of rotatable bonds is 4. The second-order valence-electron chi connectivity index (χ2n) is 3.97. The van der Waals surface area contributed by atoms with Gasteiger partial charge >= 0.3 is 0 Å². The first-order chi connectivity index (χ1) is 7.52. The van der Waals surface area contributed by atoms with Crippen LogP contribution in [0.5, 0.6) is 5.75 Å². The van der Waals surface area contributed by atoms with Gasteiger partial charge in [0.1, 0.15) is 17.7 Å². The maximum atomic E-state index is 8.44. The van der Waals surface area contributed by atoms with E-state index in [0.717, 1.165) is 5.75 Å². The normalized spacial score (nSPS) is 13.6. The Labute approximate surface area is 95.7 Å². The van der Waals surface area contributed by atoms with Gasteiger partial charge < -0.3 is 15.7 Å². The van der Waals surface area contributed by atoms with Gasteiger partial charge in [-0.3, -0.25) is 0 Å². The SMILES string of the molecule is Cc1ccc(OC(C)CC(N)=NO)cc1C. The molecule has 0 aliphatic rings. The van der Waals surface area contributed by atoms with Crippen LogP contribution < -0.4 is 10.5 Å². The van der Waals surface area contributed by atoms with E-state index in [2.05, 4.69) is 12.1 Å². The number of oxime groups is 1. The van der Waals surface area contributed by atoms with Gasteiger partial charge in [-0.15, -0.1) is 0 Å². The highest BCUT2D eigenvalue weighted by Gasteiger charge is 2.07. The van der Waals surface area contributed by atoms with Crippen molar-refractivity contribution in [2.75, 3.05) is 0 Å². The van der Waals surface area contributed by atoms with Crippen molar-refractivity contribution in [1.29, 1.82) is 0 Å². The first-order valence-corrected chi connectivity index (χ1v) is 5.23.